The molecule has 0 heterocycles. The number of hydrogen-bond acceptors (Lipinski definition) is 4. The van der Waals surface area contributed by atoms with Crippen molar-refractivity contribution >= 4 is 23.2 Å². The molecular weight excluding hydrogens is 301 g/mol. The fourth-order valence-electron chi connectivity index (χ4n) is 1.67. The molecule has 0 bridgehead atoms. The molecular formula is C14H21Cl2NO3. The lowest BCUT2D eigenvalue weighted by Crippen LogP contribution is -2.34. The highest BCUT2D eigenvalue weighted by Crippen LogP contribution is 2.27. The van der Waals surface area contributed by atoms with Gasteiger partial charge in [0.2, 0.25) is 0 Å². The van der Waals surface area contributed by atoms with E-state index >= 15 is 0 Å². The van der Waals surface area contributed by atoms with Gasteiger partial charge < -0.3 is 19.9 Å². The number of nitrogens with one attached hydrogen (secondary N) is 1. The number of hydrogen-bond donors (Lipinski definition) is 2. The molecule has 2 N–H and O–H groups in total. The van der Waals surface area contributed by atoms with Crippen LogP contribution < -0.4 is 10.1 Å². The average molecular weight is 322 g/mol. The Morgan fingerprint density at radius 1 is 1.25 bits per heavy atom. The smallest absolute Gasteiger partial charge is 0.139 e. The van der Waals surface area contributed by atoms with Gasteiger partial charge >= 0.3 is 0 Å². The third-order valence-corrected chi connectivity index (χ3v) is 3.20. The normalized spacial score (nSPS) is 14.1. The van der Waals surface area contributed by atoms with Gasteiger partial charge in [-0.2, -0.15) is 0 Å². The quantitative estimate of drug-likeness (QED) is 0.734. The van der Waals surface area contributed by atoms with E-state index in [-0.39, 0.29) is 6.61 Å². The third-order valence-electron chi connectivity index (χ3n) is 2.65. The fourth-order valence-corrected chi connectivity index (χ4v) is 2.01. The molecule has 1 aromatic rings. The Morgan fingerprint density at radius 2 is 2.00 bits per heavy atom. The Bertz CT molecular complexity index is 404. The molecule has 1 aromatic carbocycles. The molecule has 2 unspecified atom stereocenters. The molecule has 0 aliphatic carbocycles. The molecule has 0 aliphatic rings. The second kappa shape index (κ2) is 9.42. The Labute approximate surface area is 130 Å². The van der Waals surface area contributed by atoms with Gasteiger partial charge in [0.1, 0.15) is 18.5 Å². The van der Waals surface area contributed by atoms with Gasteiger partial charge in [-0.3, -0.25) is 0 Å². The Hall–Kier alpha value is -0.520. The van der Waals surface area contributed by atoms with Gasteiger partial charge in [0.05, 0.1) is 5.02 Å². The highest BCUT2D eigenvalue weighted by Gasteiger charge is 2.09. The Kier molecular flexibility index (Phi) is 8.26. The van der Waals surface area contributed by atoms with Gasteiger partial charge in [-0.1, -0.05) is 30.1 Å². The standard InChI is InChI=1S/C14H21Cl2NO3/c1-10(8-19-2)6-17-7-12(18)9-20-14-5-11(15)3-4-13(14)16/h3-5,10,12,17-18H,6-9H2,1-2H3. The lowest BCUT2D eigenvalue weighted by molar-refractivity contribution is 0.102. The maximum Gasteiger partial charge on any atom is 0.139 e. The highest BCUT2D eigenvalue weighted by atomic mass is 35.5. The van der Waals surface area contributed by atoms with Crippen LogP contribution in [0.5, 0.6) is 5.75 Å². The molecule has 6 heteroatoms. The summed E-state index contributed by atoms with van der Waals surface area (Å²) in [7, 11) is 1.67. The van der Waals surface area contributed by atoms with E-state index in [0.29, 0.717) is 34.9 Å². The molecule has 1 rings (SSSR count). The van der Waals surface area contributed by atoms with Crippen LogP contribution in [0.2, 0.25) is 10.0 Å². The summed E-state index contributed by atoms with van der Waals surface area (Å²) in [6.45, 7) is 4.16. The van der Waals surface area contributed by atoms with E-state index in [1.54, 1.807) is 25.3 Å². The van der Waals surface area contributed by atoms with Crippen LogP contribution in [0.1, 0.15) is 6.92 Å². The molecule has 0 amide bonds. The molecule has 0 saturated heterocycles. The lowest BCUT2D eigenvalue weighted by atomic mass is 10.2. The molecule has 0 saturated carbocycles. The zero-order valence-corrected chi connectivity index (χ0v) is 13.2. The number of rotatable bonds is 9. The average Bonchev–Trinajstić information content (AvgIpc) is 2.40. The van der Waals surface area contributed by atoms with E-state index in [9.17, 15) is 5.11 Å². The first kappa shape index (κ1) is 17.5. The zero-order valence-electron chi connectivity index (χ0n) is 11.7. The second-order valence-electron chi connectivity index (χ2n) is 4.76. The minimum atomic E-state index is -0.611. The summed E-state index contributed by atoms with van der Waals surface area (Å²) in [4.78, 5) is 0. The lowest BCUT2D eigenvalue weighted by Gasteiger charge is -2.16. The van der Waals surface area contributed by atoms with Crippen molar-refractivity contribution in [1.29, 1.82) is 0 Å². The monoisotopic (exact) mass is 321 g/mol. The Balaban J connectivity index is 2.26. The van der Waals surface area contributed by atoms with Crippen LogP contribution >= 0.6 is 23.2 Å². The maximum atomic E-state index is 9.82. The molecule has 0 spiro atoms. The van der Waals surface area contributed by atoms with E-state index in [4.69, 9.17) is 32.7 Å². The van der Waals surface area contributed by atoms with Crippen LogP contribution in [-0.4, -0.2) is 44.6 Å². The third kappa shape index (κ3) is 6.77. The van der Waals surface area contributed by atoms with Gasteiger partial charge in [0.15, 0.2) is 0 Å². The number of aliphatic hydroxyl groups excluding tert-OH is 1. The number of aliphatic hydroxyl groups is 1. The molecule has 0 fully saturated rings. The SMILES string of the molecule is COCC(C)CNCC(O)COc1cc(Cl)ccc1Cl. The summed E-state index contributed by atoms with van der Waals surface area (Å²) in [6, 6.07) is 4.98. The van der Waals surface area contributed by atoms with Crippen LogP contribution in [0, 0.1) is 5.92 Å². The summed E-state index contributed by atoms with van der Waals surface area (Å²) >= 11 is 11.8. The van der Waals surface area contributed by atoms with E-state index < -0.39 is 6.10 Å². The number of halogens is 2. The summed E-state index contributed by atoms with van der Waals surface area (Å²) in [5, 5.41) is 14.0. The number of benzene rings is 1. The summed E-state index contributed by atoms with van der Waals surface area (Å²) in [6.07, 6.45) is -0.611. The molecule has 0 aliphatic heterocycles. The molecule has 0 aromatic heterocycles. The van der Waals surface area contributed by atoms with Gasteiger partial charge in [-0.05, 0) is 24.6 Å². The highest BCUT2D eigenvalue weighted by molar-refractivity contribution is 6.34. The molecule has 114 valence electrons. The van der Waals surface area contributed by atoms with Gasteiger partial charge in [-0.15, -0.1) is 0 Å². The minimum Gasteiger partial charge on any atom is -0.489 e. The zero-order chi connectivity index (χ0) is 15.0. The first-order valence-corrected chi connectivity index (χ1v) is 7.24. The van der Waals surface area contributed by atoms with Crippen molar-refractivity contribution in [3.63, 3.8) is 0 Å². The summed E-state index contributed by atoms with van der Waals surface area (Å²) < 4.78 is 10.5. The first-order chi connectivity index (χ1) is 9.52. The van der Waals surface area contributed by atoms with Crippen molar-refractivity contribution < 1.29 is 14.6 Å². The minimum absolute atomic E-state index is 0.158. The van der Waals surface area contributed by atoms with E-state index in [0.717, 1.165) is 6.54 Å². The van der Waals surface area contributed by atoms with E-state index in [2.05, 4.69) is 12.2 Å². The van der Waals surface area contributed by atoms with Crippen molar-refractivity contribution in [3.8, 4) is 5.75 Å². The van der Waals surface area contributed by atoms with Crippen LogP contribution in [0.15, 0.2) is 18.2 Å². The van der Waals surface area contributed by atoms with Crippen molar-refractivity contribution in [2.45, 2.75) is 13.0 Å². The van der Waals surface area contributed by atoms with Crippen LogP contribution in [0.25, 0.3) is 0 Å². The van der Waals surface area contributed by atoms with Crippen molar-refractivity contribution in [3.05, 3.63) is 28.2 Å². The van der Waals surface area contributed by atoms with Gasteiger partial charge in [-0.25, -0.2) is 0 Å². The number of methoxy groups -OCH3 is 1. The number of ether oxygens (including phenoxy) is 2. The molecule has 2 atom stereocenters. The fraction of sp³-hybridized carbons (Fsp3) is 0.571. The van der Waals surface area contributed by atoms with Crippen molar-refractivity contribution in [2.24, 2.45) is 5.92 Å². The van der Waals surface area contributed by atoms with E-state index in [1.807, 2.05) is 0 Å². The Morgan fingerprint density at radius 3 is 2.70 bits per heavy atom. The van der Waals surface area contributed by atoms with Gasteiger partial charge in [0, 0.05) is 31.4 Å². The summed E-state index contributed by atoms with van der Waals surface area (Å²) in [5.41, 5.74) is 0. The second-order valence-corrected chi connectivity index (χ2v) is 5.60. The predicted molar refractivity (Wildman–Crippen MR) is 81.9 cm³/mol. The summed E-state index contributed by atoms with van der Waals surface area (Å²) in [5.74, 6) is 0.876. The maximum absolute atomic E-state index is 9.82. The topological polar surface area (TPSA) is 50.7 Å². The van der Waals surface area contributed by atoms with E-state index in [1.165, 1.54) is 0 Å². The first-order valence-electron chi connectivity index (χ1n) is 6.48. The predicted octanol–water partition coefficient (Wildman–Crippen LogP) is 2.61. The van der Waals surface area contributed by atoms with Gasteiger partial charge in [0.25, 0.3) is 0 Å². The van der Waals surface area contributed by atoms with Crippen molar-refractivity contribution in [2.75, 3.05) is 33.4 Å². The van der Waals surface area contributed by atoms with Crippen LogP contribution in [0.4, 0.5) is 0 Å². The molecule has 4 nitrogen and oxygen atoms in total. The van der Waals surface area contributed by atoms with Crippen LogP contribution in [0.3, 0.4) is 0 Å². The largest absolute Gasteiger partial charge is 0.489 e. The van der Waals surface area contributed by atoms with Crippen molar-refractivity contribution in [1.82, 2.24) is 5.32 Å². The molecule has 0 radical (unpaired) electrons. The molecule has 20 heavy (non-hydrogen) atoms. The van der Waals surface area contributed by atoms with Crippen LogP contribution in [-0.2, 0) is 4.74 Å².